The molecule has 14 heavy (non-hydrogen) atoms. The van der Waals surface area contributed by atoms with Crippen molar-refractivity contribution < 1.29 is 0 Å². The minimum Gasteiger partial charge on any atom is -0.398 e. The molecular formula is C11H11Cl2N. The lowest BCUT2D eigenvalue weighted by molar-refractivity contribution is 1.73. The van der Waals surface area contributed by atoms with Gasteiger partial charge in [0.2, 0.25) is 0 Å². The van der Waals surface area contributed by atoms with Gasteiger partial charge in [0, 0.05) is 11.1 Å². The first kappa shape index (κ1) is 11.2. The third kappa shape index (κ3) is 2.79. The van der Waals surface area contributed by atoms with Crippen LogP contribution in [0.1, 0.15) is 0 Å². The molecule has 0 fully saturated rings. The van der Waals surface area contributed by atoms with Gasteiger partial charge in [0.05, 0.1) is 5.34 Å². The van der Waals surface area contributed by atoms with Gasteiger partial charge in [0.1, 0.15) is 0 Å². The molecule has 0 saturated heterocycles. The predicted octanol–water partition coefficient (Wildman–Crippen LogP) is 3.84. The summed E-state index contributed by atoms with van der Waals surface area (Å²) >= 11 is 9.53. The van der Waals surface area contributed by atoms with Crippen LogP contribution in [0.5, 0.6) is 0 Å². The standard InChI is InChI=1S/C10H9N.CH2Cl2/c11-10-7-3-5-8-4-1-2-6-9(8)10;2-1-3/h1-7H,11H2;1H2. The third-order valence-corrected chi connectivity index (χ3v) is 1.82. The van der Waals surface area contributed by atoms with Gasteiger partial charge in [-0.05, 0) is 11.5 Å². The first-order valence-corrected chi connectivity index (χ1v) is 5.21. The fourth-order valence-corrected chi connectivity index (χ4v) is 1.25. The van der Waals surface area contributed by atoms with E-state index in [0.29, 0.717) is 0 Å². The van der Waals surface area contributed by atoms with Gasteiger partial charge in [-0.2, -0.15) is 0 Å². The van der Waals surface area contributed by atoms with Crippen molar-refractivity contribution in [2.45, 2.75) is 0 Å². The van der Waals surface area contributed by atoms with Gasteiger partial charge in [-0.25, -0.2) is 0 Å². The highest BCUT2D eigenvalue weighted by Crippen LogP contribution is 2.19. The quantitative estimate of drug-likeness (QED) is 0.538. The molecule has 2 aromatic rings. The van der Waals surface area contributed by atoms with Crippen molar-refractivity contribution in [1.82, 2.24) is 0 Å². The molecule has 0 radical (unpaired) electrons. The van der Waals surface area contributed by atoms with Gasteiger partial charge in [-0.1, -0.05) is 36.4 Å². The molecule has 2 rings (SSSR count). The van der Waals surface area contributed by atoms with Crippen molar-refractivity contribution in [2.75, 3.05) is 11.1 Å². The number of anilines is 1. The van der Waals surface area contributed by atoms with Gasteiger partial charge in [0.25, 0.3) is 0 Å². The Morgan fingerprint density at radius 3 is 2.14 bits per heavy atom. The first-order chi connectivity index (χ1) is 6.79. The second kappa shape index (κ2) is 5.74. The maximum atomic E-state index is 5.76. The van der Waals surface area contributed by atoms with Crippen LogP contribution >= 0.6 is 23.2 Å². The summed E-state index contributed by atoms with van der Waals surface area (Å²) in [6.07, 6.45) is 0. The van der Waals surface area contributed by atoms with Gasteiger partial charge in [-0.3, -0.25) is 0 Å². The molecule has 0 aromatic heterocycles. The lowest BCUT2D eigenvalue weighted by Crippen LogP contribution is -1.84. The predicted molar refractivity (Wildman–Crippen MR) is 64.9 cm³/mol. The lowest BCUT2D eigenvalue weighted by atomic mass is 10.1. The fourth-order valence-electron chi connectivity index (χ4n) is 1.25. The molecule has 0 aliphatic heterocycles. The van der Waals surface area contributed by atoms with Crippen LogP contribution in [0.2, 0.25) is 0 Å². The lowest BCUT2D eigenvalue weighted by Gasteiger charge is -1.98. The van der Waals surface area contributed by atoms with E-state index in [2.05, 4.69) is 12.1 Å². The van der Waals surface area contributed by atoms with E-state index in [0.717, 1.165) is 11.1 Å². The van der Waals surface area contributed by atoms with Crippen LogP contribution in [0.4, 0.5) is 5.69 Å². The number of alkyl halides is 2. The van der Waals surface area contributed by atoms with Gasteiger partial charge >= 0.3 is 0 Å². The topological polar surface area (TPSA) is 26.0 Å². The smallest absolute Gasteiger partial charge is 0.0967 e. The van der Waals surface area contributed by atoms with Crippen molar-refractivity contribution in [3.8, 4) is 0 Å². The van der Waals surface area contributed by atoms with E-state index in [4.69, 9.17) is 28.9 Å². The molecule has 0 heterocycles. The van der Waals surface area contributed by atoms with Crippen LogP contribution in [0.15, 0.2) is 42.5 Å². The normalized spacial score (nSPS) is 9.29. The van der Waals surface area contributed by atoms with Crippen LogP contribution in [0, 0.1) is 0 Å². The van der Waals surface area contributed by atoms with E-state index in [1.54, 1.807) is 0 Å². The Bertz CT molecular complexity index is 396. The Hall–Kier alpha value is -0.920. The van der Waals surface area contributed by atoms with Gasteiger partial charge in [0.15, 0.2) is 0 Å². The highest BCUT2D eigenvalue weighted by Gasteiger charge is 1.92. The SMILES string of the molecule is ClCCl.Nc1cccc2ccccc12. The zero-order valence-electron chi connectivity index (χ0n) is 7.58. The minimum atomic E-state index is 0.194. The monoisotopic (exact) mass is 227 g/mol. The minimum absolute atomic E-state index is 0.194. The van der Waals surface area contributed by atoms with E-state index < -0.39 is 0 Å². The number of nitrogen functional groups attached to an aromatic ring is 1. The molecule has 2 aromatic carbocycles. The number of halogens is 2. The Kier molecular flexibility index (Phi) is 4.57. The summed E-state index contributed by atoms with van der Waals surface area (Å²) in [6, 6.07) is 14.1. The fraction of sp³-hybridized carbons (Fsp3) is 0.0909. The molecular weight excluding hydrogens is 217 g/mol. The summed E-state index contributed by atoms with van der Waals surface area (Å²) in [4.78, 5) is 0. The Morgan fingerprint density at radius 1 is 0.929 bits per heavy atom. The molecule has 0 saturated carbocycles. The van der Waals surface area contributed by atoms with Crippen molar-refractivity contribution in [2.24, 2.45) is 0 Å². The average Bonchev–Trinajstić information content (AvgIpc) is 2.20. The van der Waals surface area contributed by atoms with Crippen LogP contribution in [0.25, 0.3) is 10.8 Å². The van der Waals surface area contributed by atoms with Crippen LogP contribution in [-0.4, -0.2) is 5.34 Å². The van der Waals surface area contributed by atoms with E-state index >= 15 is 0 Å². The van der Waals surface area contributed by atoms with E-state index in [9.17, 15) is 0 Å². The third-order valence-electron chi connectivity index (χ3n) is 1.82. The van der Waals surface area contributed by atoms with Gasteiger partial charge < -0.3 is 5.73 Å². The highest BCUT2D eigenvalue weighted by atomic mass is 35.5. The molecule has 74 valence electrons. The molecule has 0 aliphatic rings. The summed E-state index contributed by atoms with van der Waals surface area (Å²) < 4.78 is 0. The second-order valence-electron chi connectivity index (χ2n) is 2.67. The van der Waals surface area contributed by atoms with Gasteiger partial charge in [-0.15, -0.1) is 23.2 Å². The molecule has 1 nitrogen and oxygen atoms in total. The molecule has 2 N–H and O–H groups in total. The van der Waals surface area contributed by atoms with Crippen LogP contribution < -0.4 is 5.73 Å². The first-order valence-electron chi connectivity index (χ1n) is 4.14. The van der Waals surface area contributed by atoms with E-state index in [1.165, 1.54) is 5.39 Å². The molecule has 0 unspecified atom stereocenters. The molecule has 3 heteroatoms. The number of rotatable bonds is 0. The molecule has 0 amide bonds. The Morgan fingerprint density at radius 2 is 1.50 bits per heavy atom. The number of benzene rings is 2. The maximum Gasteiger partial charge on any atom is 0.0967 e. The Balaban J connectivity index is 0.000000293. The van der Waals surface area contributed by atoms with Crippen LogP contribution in [-0.2, 0) is 0 Å². The zero-order valence-corrected chi connectivity index (χ0v) is 9.09. The van der Waals surface area contributed by atoms with E-state index in [-0.39, 0.29) is 5.34 Å². The molecule has 0 spiro atoms. The molecule has 0 atom stereocenters. The number of nitrogens with two attached hydrogens (primary N) is 1. The average molecular weight is 228 g/mol. The largest absolute Gasteiger partial charge is 0.398 e. The van der Waals surface area contributed by atoms with Crippen molar-refractivity contribution in [3.05, 3.63) is 42.5 Å². The molecule has 0 bridgehead atoms. The zero-order chi connectivity index (χ0) is 10.4. The number of hydrogen-bond donors (Lipinski definition) is 1. The Labute approximate surface area is 93.4 Å². The molecule has 0 aliphatic carbocycles. The summed E-state index contributed by atoms with van der Waals surface area (Å²) in [5.74, 6) is 0. The van der Waals surface area contributed by atoms with Crippen LogP contribution in [0.3, 0.4) is 0 Å². The van der Waals surface area contributed by atoms with Crippen molar-refractivity contribution in [1.29, 1.82) is 0 Å². The number of fused-ring (bicyclic) bond motifs is 1. The summed E-state index contributed by atoms with van der Waals surface area (Å²) in [5, 5.41) is 2.53. The second-order valence-corrected chi connectivity index (χ2v) is 3.48. The number of hydrogen-bond acceptors (Lipinski definition) is 1. The van der Waals surface area contributed by atoms with Crippen molar-refractivity contribution >= 4 is 39.7 Å². The van der Waals surface area contributed by atoms with Crippen molar-refractivity contribution in [3.63, 3.8) is 0 Å². The summed E-state index contributed by atoms with van der Waals surface area (Å²) in [5.41, 5.74) is 6.61. The maximum absolute atomic E-state index is 5.76. The summed E-state index contributed by atoms with van der Waals surface area (Å²) in [6.45, 7) is 0. The summed E-state index contributed by atoms with van der Waals surface area (Å²) in [7, 11) is 0. The van der Waals surface area contributed by atoms with E-state index in [1.807, 2.05) is 30.3 Å². The highest BCUT2D eigenvalue weighted by molar-refractivity contribution is 6.40.